The summed E-state index contributed by atoms with van der Waals surface area (Å²) < 4.78 is 0. The van der Waals surface area contributed by atoms with E-state index in [2.05, 4.69) is 11.9 Å². The Morgan fingerprint density at radius 3 is 2.71 bits per heavy atom. The van der Waals surface area contributed by atoms with Crippen molar-refractivity contribution in [3.8, 4) is 6.07 Å². The Balaban J connectivity index is 3.24. The van der Waals surface area contributed by atoms with Gasteiger partial charge in [-0.25, -0.2) is 0 Å². The zero-order valence-corrected chi connectivity index (χ0v) is 4.36. The molecule has 0 radical (unpaired) electrons. The first-order valence-electron chi connectivity index (χ1n) is 2.03. The second-order valence-electron chi connectivity index (χ2n) is 1.25. The third kappa shape index (κ3) is 3.01. The monoisotopic (exact) mass is 96.1 g/mol. The van der Waals surface area contributed by atoms with Crippen LogP contribution < -0.4 is 5.32 Å². The van der Waals surface area contributed by atoms with E-state index in [0.717, 1.165) is 0 Å². The highest BCUT2D eigenvalue weighted by Crippen LogP contribution is 1.78. The van der Waals surface area contributed by atoms with Crippen LogP contribution in [-0.2, 0) is 0 Å². The molecular formula is C5H8N2. The molecule has 0 aliphatic rings. The molecule has 0 aliphatic carbocycles. The fourth-order valence-electron chi connectivity index (χ4n) is 0.253. The van der Waals surface area contributed by atoms with Crippen LogP contribution in [0.25, 0.3) is 0 Å². The number of nitrogens with one attached hydrogen (secondary N) is 1. The van der Waals surface area contributed by atoms with Gasteiger partial charge < -0.3 is 5.32 Å². The van der Waals surface area contributed by atoms with E-state index in [0.29, 0.717) is 12.1 Å². The van der Waals surface area contributed by atoms with E-state index in [-0.39, 0.29) is 0 Å². The minimum atomic E-state index is 0.572. The first kappa shape index (κ1) is 6.19. The largest absolute Gasteiger partial charge is 0.315 e. The van der Waals surface area contributed by atoms with Crippen LogP contribution in [0.3, 0.4) is 0 Å². The maximum absolute atomic E-state index is 8.08. The zero-order valence-electron chi connectivity index (χ0n) is 4.36. The molecule has 0 unspecified atom stereocenters. The minimum Gasteiger partial charge on any atom is -0.315 e. The molecular weight excluding hydrogens is 88.1 g/mol. The lowest BCUT2D eigenvalue weighted by atomic mass is 10.3. The smallest absolute Gasteiger partial charge is 0.0954 e. The Morgan fingerprint density at radius 1 is 2.00 bits per heavy atom. The molecule has 38 valence electrons. The third-order valence-electron chi connectivity index (χ3n) is 0.548. The summed E-state index contributed by atoms with van der Waals surface area (Å²) in [5.74, 6) is 0. The summed E-state index contributed by atoms with van der Waals surface area (Å²) in [7, 11) is 1.78. The molecule has 0 heterocycles. The van der Waals surface area contributed by atoms with Crippen molar-refractivity contribution in [2.45, 2.75) is 0 Å². The number of hydrogen-bond donors (Lipinski definition) is 1. The summed E-state index contributed by atoms with van der Waals surface area (Å²) >= 11 is 0. The van der Waals surface area contributed by atoms with Gasteiger partial charge in [-0.2, -0.15) is 5.26 Å². The Bertz CT molecular complexity index is 99.1. The van der Waals surface area contributed by atoms with E-state index < -0.39 is 0 Å². The lowest BCUT2D eigenvalue weighted by molar-refractivity contribution is 0.900. The standard InChI is InChI=1S/C5H8N2/c1-5(3-6)4-7-2/h7H,1,4H2,2H3. The van der Waals surface area contributed by atoms with Crippen LogP contribution in [0.1, 0.15) is 0 Å². The van der Waals surface area contributed by atoms with Crippen molar-refractivity contribution in [1.82, 2.24) is 5.32 Å². The van der Waals surface area contributed by atoms with Gasteiger partial charge in [0.15, 0.2) is 0 Å². The molecule has 0 spiro atoms. The Hall–Kier alpha value is -0.810. The molecule has 0 amide bonds. The Morgan fingerprint density at radius 2 is 2.57 bits per heavy atom. The molecule has 0 aromatic carbocycles. The Kier molecular flexibility index (Phi) is 2.99. The van der Waals surface area contributed by atoms with Crippen molar-refractivity contribution < 1.29 is 0 Å². The quantitative estimate of drug-likeness (QED) is 0.501. The lowest BCUT2D eigenvalue weighted by Crippen LogP contribution is -2.08. The number of rotatable bonds is 2. The van der Waals surface area contributed by atoms with E-state index in [9.17, 15) is 0 Å². The molecule has 7 heavy (non-hydrogen) atoms. The molecule has 0 aromatic rings. The number of nitriles is 1. The average molecular weight is 96.1 g/mol. The van der Waals surface area contributed by atoms with Crippen LogP contribution in [0, 0.1) is 11.3 Å². The first-order chi connectivity index (χ1) is 3.31. The third-order valence-corrected chi connectivity index (χ3v) is 0.548. The van der Waals surface area contributed by atoms with Gasteiger partial charge >= 0.3 is 0 Å². The SMILES string of the molecule is C=C(C#N)CNC. The van der Waals surface area contributed by atoms with Crippen LogP contribution in [-0.4, -0.2) is 13.6 Å². The van der Waals surface area contributed by atoms with Crippen LogP contribution >= 0.6 is 0 Å². The maximum Gasteiger partial charge on any atom is 0.0954 e. The molecule has 0 bridgehead atoms. The van der Waals surface area contributed by atoms with E-state index in [1.807, 2.05) is 6.07 Å². The molecule has 0 fully saturated rings. The van der Waals surface area contributed by atoms with Gasteiger partial charge in [-0.05, 0) is 7.05 Å². The van der Waals surface area contributed by atoms with Crippen LogP contribution in [0.15, 0.2) is 12.2 Å². The van der Waals surface area contributed by atoms with Crippen molar-refractivity contribution in [3.05, 3.63) is 12.2 Å². The second-order valence-corrected chi connectivity index (χ2v) is 1.25. The molecule has 0 aromatic heterocycles. The fraction of sp³-hybridized carbons (Fsp3) is 0.400. The highest BCUT2D eigenvalue weighted by molar-refractivity contribution is 5.16. The average Bonchev–Trinajstić information content (AvgIpc) is 1.68. The normalized spacial score (nSPS) is 7.43. The van der Waals surface area contributed by atoms with E-state index in [4.69, 9.17) is 5.26 Å². The Labute approximate surface area is 43.5 Å². The van der Waals surface area contributed by atoms with Gasteiger partial charge in [-0.1, -0.05) is 6.58 Å². The summed E-state index contributed by atoms with van der Waals surface area (Å²) in [6.07, 6.45) is 0. The minimum absolute atomic E-state index is 0.572. The molecule has 0 saturated carbocycles. The summed E-state index contributed by atoms with van der Waals surface area (Å²) in [5, 5.41) is 10.9. The summed E-state index contributed by atoms with van der Waals surface area (Å²) in [5.41, 5.74) is 0.572. The summed E-state index contributed by atoms with van der Waals surface area (Å²) in [6, 6.07) is 1.91. The molecule has 1 N–H and O–H groups in total. The summed E-state index contributed by atoms with van der Waals surface area (Å²) in [4.78, 5) is 0. The topological polar surface area (TPSA) is 35.8 Å². The van der Waals surface area contributed by atoms with Crippen LogP contribution in [0.5, 0.6) is 0 Å². The van der Waals surface area contributed by atoms with Gasteiger partial charge in [-0.15, -0.1) is 0 Å². The summed E-state index contributed by atoms with van der Waals surface area (Å²) in [6.45, 7) is 4.03. The molecule has 0 atom stereocenters. The van der Waals surface area contributed by atoms with Gasteiger partial charge in [0.2, 0.25) is 0 Å². The van der Waals surface area contributed by atoms with Crippen molar-refractivity contribution in [2.75, 3.05) is 13.6 Å². The van der Waals surface area contributed by atoms with Gasteiger partial charge in [0.05, 0.1) is 6.07 Å². The van der Waals surface area contributed by atoms with Gasteiger partial charge in [-0.3, -0.25) is 0 Å². The van der Waals surface area contributed by atoms with E-state index in [1.165, 1.54) is 0 Å². The van der Waals surface area contributed by atoms with Crippen LogP contribution in [0.4, 0.5) is 0 Å². The molecule has 2 heteroatoms. The van der Waals surface area contributed by atoms with Crippen molar-refractivity contribution in [1.29, 1.82) is 5.26 Å². The van der Waals surface area contributed by atoms with Crippen molar-refractivity contribution in [3.63, 3.8) is 0 Å². The first-order valence-corrected chi connectivity index (χ1v) is 2.03. The van der Waals surface area contributed by atoms with Gasteiger partial charge in [0.25, 0.3) is 0 Å². The van der Waals surface area contributed by atoms with Crippen molar-refractivity contribution >= 4 is 0 Å². The van der Waals surface area contributed by atoms with E-state index >= 15 is 0 Å². The highest BCUT2D eigenvalue weighted by atomic mass is 14.8. The maximum atomic E-state index is 8.08. The zero-order chi connectivity index (χ0) is 5.70. The van der Waals surface area contributed by atoms with Crippen LogP contribution in [0.2, 0.25) is 0 Å². The lowest BCUT2D eigenvalue weighted by Gasteiger charge is -1.88. The predicted octanol–water partition coefficient (Wildman–Crippen LogP) is 0.286. The number of likely N-dealkylation sites (N-methyl/N-ethyl adjacent to an activating group) is 1. The fourth-order valence-corrected chi connectivity index (χ4v) is 0.253. The molecule has 2 nitrogen and oxygen atoms in total. The van der Waals surface area contributed by atoms with E-state index in [1.54, 1.807) is 7.05 Å². The molecule has 0 aliphatic heterocycles. The van der Waals surface area contributed by atoms with Crippen molar-refractivity contribution in [2.24, 2.45) is 0 Å². The van der Waals surface area contributed by atoms with Gasteiger partial charge in [0.1, 0.15) is 0 Å². The predicted molar refractivity (Wildman–Crippen MR) is 28.7 cm³/mol. The number of hydrogen-bond acceptors (Lipinski definition) is 2. The molecule has 0 saturated heterocycles. The molecule has 0 rings (SSSR count). The second kappa shape index (κ2) is 3.38. The highest BCUT2D eigenvalue weighted by Gasteiger charge is 1.82. The van der Waals surface area contributed by atoms with Gasteiger partial charge in [0, 0.05) is 12.1 Å². The number of nitrogens with zero attached hydrogens (tertiary/aromatic N) is 1.